The van der Waals surface area contributed by atoms with E-state index in [4.69, 9.17) is 21.1 Å². The van der Waals surface area contributed by atoms with Gasteiger partial charge >= 0.3 is 0 Å². The molecule has 0 saturated heterocycles. The fourth-order valence-electron chi connectivity index (χ4n) is 2.84. The molecule has 3 rings (SSSR count). The van der Waals surface area contributed by atoms with Gasteiger partial charge in [-0.05, 0) is 31.0 Å². The van der Waals surface area contributed by atoms with Crippen LogP contribution in [0.25, 0.3) is 0 Å². The number of benzene rings is 1. The Morgan fingerprint density at radius 3 is 2.60 bits per heavy atom. The van der Waals surface area contributed by atoms with Crippen molar-refractivity contribution < 1.29 is 14.3 Å². The first-order valence-corrected chi connectivity index (χ1v) is 7.54. The first-order valence-electron chi connectivity index (χ1n) is 7.01. The van der Waals surface area contributed by atoms with Crippen molar-refractivity contribution in [3.05, 3.63) is 23.8 Å². The van der Waals surface area contributed by atoms with Gasteiger partial charge in [0.25, 0.3) is 5.91 Å². The predicted molar refractivity (Wildman–Crippen MR) is 76.8 cm³/mol. The van der Waals surface area contributed by atoms with Crippen molar-refractivity contribution in [2.45, 2.75) is 31.2 Å². The highest BCUT2D eigenvalue weighted by Crippen LogP contribution is 2.33. The van der Waals surface area contributed by atoms with Crippen molar-refractivity contribution in [2.24, 2.45) is 0 Å². The minimum absolute atomic E-state index is 0.0930. The molecule has 4 nitrogen and oxygen atoms in total. The lowest BCUT2D eigenvalue weighted by molar-refractivity contribution is 0.0908. The molecule has 0 radical (unpaired) electrons. The summed E-state index contributed by atoms with van der Waals surface area (Å²) in [6, 6.07) is 5.28. The van der Waals surface area contributed by atoms with Crippen LogP contribution in [0.4, 0.5) is 0 Å². The van der Waals surface area contributed by atoms with Gasteiger partial charge in [-0.1, -0.05) is 12.8 Å². The Kier molecular flexibility index (Phi) is 3.74. The van der Waals surface area contributed by atoms with Crippen molar-refractivity contribution >= 4 is 17.5 Å². The molecule has 2 aliphatic rings. The number of nitrogens with one attached hydrogen (secondary N) is 1. The minimum atomic E-state index is -0.244. The van der Waals surface area contributed by atoms with E-state index in [1.165, 1.54) is 0 Å². The van der Waals surface area contributed by atoms with Crippen LogP contribution < -0.4 is 14.8 Å². The molecular formula is C15H18ClNO3. The number of halogens is 1. The predicted octanol–water partition coefficient (Wildman–Crippen LogP) is 2.74. The van der Waals surface area contributed by atoms with E-state index < -0.39 is 0 Å². The summed E-state index contributed by atoms with van der Waals surface area (Å²) in [7, 11) is 0. The molecule has 1 N–H and O–H groups in total. The summed E-state index contributed by atoms with van der Waals surface area (Å²) in [4.78, 5) is 12.4. The molecule has 5 heteroatoms. The van der Waals surface area contributed by atoms with Crippen molar-refractivity contribution in [3.8, 4) is 11.5 Å². The summed E-state index contributed by atoms with van der Waals surface area (Å²) in [6.07, 6.45) is 4.14. The molecule has 1 aromatic rings. The highest BCUT2D eigenvalue weighted by molar-refractivity contribution is 6.19. The van der Waals surface area contributed by atoms with Crippen LogP contribution in [-0.4, -0.2) is 30.5 Å². The molecular weight excluding hydrogens is 278 g/mol. The molecule has 1 aliphatic carbocycles. The molecule has 0 spiro atoms. The van der Waals surface area contributed by atoms with Crippen molar-refractivity contribution in [1.29, 1.82) is 0 Å². The van der Waals surface area contributed by atoms with Gasteiger partial charge in [0.1, 0.15) is 13.2 Å². The topological polar surface area (TPSA) is 47.6 Å². The Morgan fingerprint density at radius 1 is 1.20 bits per heavy atom. The molecule has 1 amide bonds. The number of hydrogen-bond acceptors (Lipinski definition) is 3. The number of amides is 1. The van der Waals surface area contributed by atoms with Gasteiger partial charge < -0.3 is 14.8 Å². The smallest absolute Gasteiger partial charge is 0.251 e. The average molecular weight is 296 g/mol. The first-order chi connectivity index (χ1) is 9.72. The molecule has 0 atom stereocenters. The number of fused-ring (bicyclic) bond motifs is 1. The van der Waals surface area contributed by atoms with Gasteiger partial charge in [-0.3, -0.25) is 4.79 Å². The third-order valence-corrected chi connectivity index (χ3v) is 4.51. The van der Waals surface area contributed by atoms with Crippen LogP contribution in [0.15, 0.2) is 18.2 Å². The molecule has 0 unspecified atom stereocenters. The molecule has 1 heterocycles. The zero-order valence-corrected chi connectivity index (χ0v) is 12.0. The first kappa shape index (κ1) is 13.6. The van der Waals surface area contributed by atoms with Crippen LogP contribution in [0, 0.1) is 0 Å². The molecule has 1 saturated carbocycles. The maximum Gasteiger partial charge on any atom is 0.251 e. The minimum Gasteiger partial charge on any atom is -0.486 e. The van der Waals surface area contributed by atoms with Gasteiger partial charge in [0.2, 0.25) is 0 Å². The SMILES string of the molecule is O=C(NC1(CCl)CCCC1)c1ccc2c(c1)OCCO2. The van der Waals surface area contributed by atoms with Crippen LogP contribution in [-0.2, 0) is 0 Å². The van der Waals surface area contributed by atoms with Gasteiger partial charge in [-0.2, -0.15) is 0 Å². The molecule has 0 aromatic heterocycles. The van der Waals surface area contributed by atoms with Crippen molar-refractivity contribution in [3.63, 3.8) is 0 Å². The lowest BCUT2D eigenvalue weighted by Crippen LogP contribution is -2.47. The number of carbonyl (C=O) groups is 1. The molecule has 1 aromatic carbocycles. The van der Waals surface area contributed by atoms with Crippen LogP contribution in [0.5, 0.6) is 11.5 Å². The summed E-state index contributed by atoms with van der Waals surface area (Å²) in [5, 5.41) is 3.10. The highest BCUT2D eigenvalue weighted by Gasteiger charge is 2.34. The van der Waals surface area contributed by atoms with Crippen LogP contribution in [0.2, 0.25) is 0 Å². The molecule has 1 aliphatic heterocycles. The zero-order chi connectivity index (χ0) is 14.0. The van der Waals surface area contributed by atoms with E-state index in [9.17, 15) is 4.79 Å². The number of carbonyl (C=O) groups excluding carboxylic acids is 1. The quantitative estimate of drug-likeness (QED) is 0.872. The second-order valence-corrected chi connectivity index (χ2v) is 5.70. The van der Waals surface area contributed by atoms with E-state index >= 15 is 0 Å². The van der Waals surface area contributed by atoms with E-state index in [0.29, 0.717) is 36.2 Å². The van der Waals surface area contributed by atoms with Crippen LogP contribution >= 0.6 is 11.6 Å². The fraction of sp³-hybridized carbons (Fsp3) is 0.533. The average Bonchev–Trinajstić information content (AvgIpc) is 2.96. The van der Waals surface area contributed by atoms with Gasteiger partial charge in [-0.25, -0.2) is 0 Å². The van der Waals surface area contributed by atoms with E-state index in [2.05, 4.69) is 5.32 Å². The maximum absolute atomic E-state index is 12.4. The van der Waals surface area contributed by atoms with Crippen LogP contribution in [0.3, 0.4) is 0 Å². The van der Waals surface area contributed by atoms with Crippen molar-refractivity contribution in [1.82, 2.24) is 5.32 Å². The van der Waals surface area contributed by atoms with Gasteiger partial charge in [0.05, 0.1) is 5.54 Å². The number of alkyl halides is 1. The maximum atomic E-state index is 12.4. The summed E-state index contributed by atoms with van der Waals surface area (Å²) in [6.45, 7) is 1.07. The van der Waals surface area contributed by atoms with Crippen molar-refractivity contribution in [2.75, 3.05) is 19.1 Å². The lowest BCUT2D eigenvalue weighted by Gasteiger charge is -2.28. The van der Waals surface area contributed by atoms with Gasteiger partial charge in [0, 0.05) is 11.4 Å². The molecule has 0 bridgehead atoms. The van der Waals surface area contributed by atoms with E-state index in [0.717, 1.165) is 25.7 Å². The Hall–Kier alpha value is -1.42. The monoisotopic (exact) mass is 295 g/mol. The lowest BCUT2D eigenvalue weighted by atomic mass is 9.99. The van der Waals surface area contributed by atoms with E-state index in [1.807, 2.05) is 0 Å². The highest BCUT2D eigenvalue weighted by atomic mass is 35.5. The molecule has 108 valence electrons. The Bertz CT molecular complexity index is 512. The third-order valence-electron chi connectivity index (χ3n) is 4.00. The molecule has 20 heavy (non-hydrogen) atoms. The Balaban J connectivity index is 1.77. The summed E-state index contributed by atoms with van der Waals surface area (Å²) in [5.41, 5.74) is 0.344. The molecule has 1 fully saturated rings. The summed E-state index contributed by atoms with van der Waals surface area (Å²) in [5.74, 6) is 1.70. The fourth-order valence-corrected chi connectivity index (χ4v) is 3.18. The second-order valence-electron chi connectivity index (χ2n) is 5.43. The number of rotatable bonds is 3. The summed E-state index contributed by atoms with van der Waals surface area (Å²) < 4.78 is 11.0. The Morgan fingerprint density at radius 2 is 1.90 bits per heavy atom. The standard InChI is InChI=1S/C15H18ClNO3/c16-10-15(5-1-2-6-15)17-14(18)11-3-4-12-13(9-11)20-8-7-19-12/h3-4,9H,1-2,5-8,10H2,(H,17,18). The Labute approximate surface area is 123 Å². The van der Waals surface area contributed by atoms with E-state index in [-0.39, 0.29) is 11.4 Å². The van der Waals surface area contributed by atoms with Gasteiger partial charge in [0.15, 0.2) is 11.5 Å². The van der Waals surface area contributed by atoms with E-state index in [1.54, 1.807) is 18.2 Å². The number of ether oxygens (including phenoxy) is 2. The zero-order valence-electron chi connectivity index (χ0n) is 11.3. The largest absolute Gasteiger partial charge is 0.486 e. The summed E-state index contributed by atoms with van der Waals surface area (Å²) >= 11 is 6.05. The van der Waals surface area contributed by atoms with Gasteiger partial charge in [-0.15, -0.1) is 11.6 Å². The number of hydrogen-bond donors (Lipinski definition) is 1. The normalized spacial score (nSPS) is 19.6. The third kappa shape index (κ3) is 2.57. The second kappa shape index (κ2) is 5.52. The van der Waals surface area contributed by atoms with Crippen LogP contribution in [0.1, 0.15) is 36.0 Å².